The molecule has 2 amide bonds. The molecule has 8 heteroatoms. The van der Waals surface area contributed by atoms with Crippen LogP contribution in [0.5, 0.6) is 0 Å². The molecule has 0 saturated carbocycles. The summed E-state index contributed by atoms with van der Waals surface area (Å²) in [5.74, 6) is 0. The predicted molar refractivity (Wildman–Crippen MR) is 83.0 cm³/mol. The maximum absolute atomic E-state index is 11.8. The van der Waals surface area contributed by atoms with Crippen LogP contribution in [0.4, 0.5) is 16.2 Å². The Hall–Kier alpha value is -1.90. The van der Waals surface area contributed by atoms with Crippen LogP contribution < -0.4 is 10.6 Å². The predicted octanol–water partition coefficient (Wildman–Crippen LogP) is 3.34. The molecule has 0 aliphatic carbocycles. The van der Waals surface area contributed by atoms with E-state index in [4.69, 9.17) is 4.55 Å². The largest absolute Gasteiger partial charge is 0.323 e. The van der Waals surface area contributed by atoms with Gasteiger partial charge in [-0.05, 0) is 46.3 Å². The van der Waals surface area contributed by atoms with Crippen molar-refractivity contribution in [3.8, 4) is 0 Å². The molecule has 2 aromatic carbocycles. The summed E-state index contributed by atoms with van der Waals surface area (Å²) in [6.07, 6.45) is 0. The Kier molecular flexibility index (Phi) is 4.61. The van der Waals surface area contributed by atoms with E-state index in [2.05, 4.69) is 26.6 Å². The lowest BCUT2D eigenvalue weighted by Crippen LogP contribution is -2.19. The zero-order chi connectivity index (χ0) is 15.5. The van der Waals surface area contributed by atoms with Gasteiger partial charge in [-0.2, -0.15) is 8.42 Å². The smallest absolute Gasteiger partial charge is 0.308 e. The molecule has 0 radical (unpaired) electrons. The van der Waals surface area contributed by atoms with Gasteiger partial charge in [-0.3, -0.25) is 4.55 Å². The number of carbonyl (C=O) groups is 1. The number of amides is 2. The van der Waals surface area contributed by atoms with Crippen molar-refractivity contribution < 1.29 is 17.8 Å². The molecule has 0 saturated heterocycles. The van der Waals surface area contributed by atoms with Crippen molar-refractivity contribution in [1.82, 2.24) is 0 Å². The summed E-state index contributed by atoms with van der Waals surface area (Å²) in [5, 5.41) is 5.09. The van der Waals surface area contributed by atoms with Gasteiger partial charge in [0.25, 0.3) is 10.1 Å². The van der Waals surface area contributed by atoms with Gasteiger partial charge in [0, 0.05) is 10.2 Å². The second-order valence-electron chi connectivity index (χ2n) is 4.06. The van der Waals surface area contributed by atoms with E-state index in [0.29, 0.717) is 10.2 Å². The molecule has 2 aromatic rings. The van der Waals surface area contributed by atoms with Crippen molar-refractivity contribution in [2.24, 2.45) is 0 Å². The highest BCUT2D eigenvalue weighted by molar-refractivity contribution is 9.10. The fourth-order valence-corrected chi connectivity index (χ4v) is 2.49. The van der Waals surface area contributed by atoms with E-state index in [-0.39, 0.29) is 10.6 Å². The van der Waals surface area contributed by atoms with Crippen LogP contribution in [0, 0.1) is 0 Å². The number of halogens is 1. The number of benzene rings is 2. The van der Waals surface area contributed by atoms with Gasteiger partial charge in [0.1, 0.15) is 0 Å². The van der Waals surface area contributed by atoms with E-state index >= 15 is 0 Å². The van der Waals surface area contributed by atoms with E-state index in [9.17, 15) is 13.2 Å². The van der Waals surface area contributed by atoms with E-state index in [1.54, 1.807) is 18.2 Å². The number of carbonyl (C=O) groups excluding carboxylic acids is 1. The molecular formula is C13H11BrN2O4S. The number of hydrogen-bond acceptors (Lipinski definition) is 3. The van der Waals surface area contributed by atoms with Crippen molar-refractivity contribution in [2.45, 2.75) is 4.90 Å². The first kappa shape index (κ1) is 15.5. The SMILES string of the molecule is O=C(Nc1cccc(S(=O)(=O)O)c1)Nc1ccccc1Br. The van der Waals surface area contributed by atoms with Gasteiger partial charge in [0.15, 0.2) is 0 Å². The number of rotatable bonds is 3. The molecule has 0 aromatic heterocycles. The van der Waals surface area contributed by atoms with E-state index in [1.807, 2.05) is 6.07 Å². The topological polar surface area (TPSA) is 95.5 Å². The number of nitrogens with one attached hydrogen (secondary N) is 2. The Morgan fingerprint density at radius 1 is 1.05 bits per heavy atom. The van der Waals surface area contributed by atoms with Gasteiger partial charge in [0.2, 0.25) is 0 Å². The Labute approximate surface area is 130 Å². The summed E-state index contributed by atoms with van der Waals surface area (Å²) >= 11 is 3.29. The van der Waals surface area contributed by atoms with Gasteiger partial charge in [-0.1, -0.05) is 18.2 Å². The molecule has 3 N–H and O–H groups in total. The van der Waals surface area contributed by atoms with Crippen LogP contribution >= 0.6 is 15.9 Å². The maximum Gasteiger partial charge on any atom is 0.323 e. The molecular weight excluding hydrogens is 360 g/mol. The summed E-state index contributed by atoms with van der Waals surface area (Å²) in [7, 11) is -4.31. The molecule has 0 heterocycles. The van der Waals surface area contributed by atoms with Crippen molar-refractivity contribution in [3.05, 3.63) is 53.0 Å². The van der Waals surface area contributed by atoms with Crippen LogP contribution in [0.1, 0.15) is 0 Å². The van der Waals surface area contributed by atoms with Crippen LogP contribution in [0.25, 0.3) is 0 Å². The van der Waals surface area contributed by atoms with Crippen molar-refractivity contribution >= 4 is 43.5 Å². The zero-order valence-electron chi connectivity index (χ0n) is 10.6. The minimum absolute atomic E-state index is 0.245. The first-order valence-corrected chi connectivity index (χ1v) is 7.99. The maximum atomic E-state index is 11.8. The number of hydrogen-bond donors (Lipinski definition) is 3. The van der Waals surface area contributed by atoms with Crippen molar-refractivity contribution in [2.75, 3.05) is 10.6 Å². The molecule has 0 aliphatic heterocycles. The first-order valence-electron chi connectivity index (χ1n) is 5.76. The molecule has 0 fully saturated rings. The lowest BCUT2D eigenvalue weighted by molar-refractivity contribution is 0.262. The lowest BCUT2D eigenvalue weighted by atomic mass is 10.3. The summed E-state index contributed by atoms with van der Waals surface area (Å²) in [6.45, 7) is 0. The molecule has 110 valence electrons. The van der Waals surface area contributed by atoms with E-state index < -0.39 is 16.1 Å². The normalized spacial score (nSPS) is 11.0. The average Bonchev–Trinajstić information content (AvgIpc) is 2.41. The molecule has 0 aliphatic rings. The van der Waals surface area contributed by atoms with Gasteiger partial charge < -0.3 is 10.6 Å². The molecule has 0 bridgehead atoms. The van der Waals surface area contributed by atoms with Crippen LogP contribution in [0.3, 0.4) is 0 Å². The highest BCUT2D eigenvalue weighted by Gasteiger charge is 2.11. The lowest BCUT2D eigenvalue weighted by Gasteiger charge is -2.09. The fourth-order valence-electron chi connectivity index (χ4n) is 1.58. The number of para-hydroxylation sites is 1. The van der Waals surface area contributed by atoms with Crippen molar-refractivity contribution in [3.63, 3.8) is 0 Å². The second kappa shape index (κ2) is 6.25. The summed E-state index contributed by atoms with van der Waals surface area (Å²) in [5.41, 5.74) is 0.815. The highest BCUT2D eigenvalue weighted by atomic mass is 79.9. The average molecular weight is 371 g/mol. The van der Waals surface area contributed by atoms with Crippen LogP contribution in [-0.4, -0.2) is 19.0 Å². The van der Waals surface area contributed by atoms with Gasteiger partial charge in [0.05, 0.1) is 10.6 Å². The summed E-state index contributed by atoms with van der Waals surface area (Å²) in [4.78, 5) is 11.5. The molecule has 0 spiro atoms. The Bertz CT molecular complexity index is 777. The standard InChI is InChI=1S/C13H11BrN2O4S/c14-11-6-1-2-7-12(11)16-13(17)15-9-4-3-5-10(8-9)21(18,19)20/h1-8H,(H2,15,16,17)(H,18,19,20). The van der Waals surface area contributed by atoms with E-state index in [1.165, 1.54) is 18.2 Å². The summed E-state index contributed by atoms with van der Waals surface area (Å²) in [6, 6.07) is 11.8. The molecule has 2 rings (SSSR count). The monoisotopic (exact) mass is 370 g/mol. The Morgan fingerprint density at radius 3 is 2.43 bits per heavy atom. The van der Waals surface area contributed by atoms with Gasteiger partial charge in [-0.25, -0.2) is 4.79 Å². The van der Waals surface area contributed by atoms with Crippen LogP contribution in [-0.2, 0) is 10.1 Å². The Morgan fingerprint density at radius 2 is 1.76 bits per heavy atom. The Balaban J connectivity index is 2.12. The molecule has 6 nitrogen and oxygen atoms in total. The van der Waals surface area contributed by atoms with Crippen LogP contribution in [0.2, 0.25) is 0 Å². The zero-order valence-corrected chi connectivity index (χ0v) is 13.0. The number of urea groups is 1. The third-order valence-corrected chi connectivity index (χ3v) is 4.05. The van der Waals surface area contributed by atoms with Gasteiger partial charge >= 0.3 is 6.03 Å². The quantitative estimate of drug-likeness (QED) is 0.721. The second-order valence-corrected chi connectivity index (χ2v) is 6.34. The van der Waals surface area contributed by atoms with Gasteiger partial charge in [-0.15, -0.1) is 0 Å². The third kappa shape index (κ3) is 4.28. The fraction of sp³-hybridized carbons (Fsp3) is 0. The molecule has 21 heavy (non-hydrogen) atoms. The first-order chi connectivity index (χ1) is 9.86. The van der Waals surface area contributed by atoms with E-state index in [0.717, 1.165) is 6.07 Å². The molecule has 0 unspecified atom stereocenters. The molecule has 0 atom stereocenters. The highest BCUT2D eigenvalue weighted by Crippen LogP contribution is 2.21. The minimum Gasteiger partial charge on any atom is -0.308 e. The van der Waals surface area contributed by atoms with Crippen molar-refractivity contribution in [1.29, 1.82) is 0 Å². The summed E-state index contributed by atoms with van der Waals surface area (Å²) < 4.78 is 31.7. The number of anilines is 2. The van der Waals surface area contributed by atoms with Crippen LogP contribution in [0.15, 0.2) is 57.9 Å². The minimum atomic E-state index is -4.31. The third-order valence-electron chi connectivity index (χ3n) is 2.51.